The van der Waals surface area contributed by atoms with Gasteiger partial charge in [0.25, 0.3) is 5.91 Å². The third kappa shape index (κ3) is 3.76. The molecule has 3 N–H and O–H groups in total. The van der Waals surface area contributed by atoms with Crippen LogP contribution in [0.5, 0.6) is 5.75 Å². The maximum absolute atomic E-state index is 12.6. The van der Waals surface area contributed by atoms with Gasteiger partial charge in [0.05, 0.1) is 11.4 Å². The highest BCUT2D eigenvalue weighted by molar-refractivity contribution is 6.34. The number of rotatable bonds is 7. The predicted octanol–water partition coefficient (Wildman–Crippen LogP) is 3.31. The van der Waals surface area contributed by atoms with Crippen LogP contribution >= 0.6 is 11.6 Å². The normalized spacial score (nSPS) is 12.2. The number of halogens is 1. The molecule has 0 spiro atoms. The Bertz CT molecular complexity index is 1040. The van der Waals surface area contributed by atoms with Crippen molar-refractivity contribution < 1.29 is 9.53 Å². The zero-order valence-electron chi connectivity index (χ0n) is 17.6. The minimum Gasteiger partial charge on any atom is -0.482 e. The highest BCUT2D eigenvalue weighted by atomic mass is 35.5. The molecule has 0 unspecified atom stereocenters. The molecule has 0 aliphatic carbocycles. The van der Waals surface area contributed by atoms with Gasteiger partial charge < -0.3 is 15.4 Å². The number of carbonyl (C=O) groups is 1. The Morgan fingerprint density at radius 2 is 1.93 bits per heavy atom. The number of hydrogen-bond donors (Lipinski definition) is 3. The van der Waals surface area contributed by atoms with Gasteiger partial charge in [-0.3, -0.25) is 9.89 Å². The van der Waals surface area contributed by atoms with E-state index in [2.05, 4.69) is 25.9 Å². The lowest BCUT2D eigenvalue weighted by Gasteiger charge is -2.40. The van der Waals surface area contributed by atoms with E-state index in [0.29, 0.717) is 22.2 Å². The smallest absolute Gasteiger partial charge is 0.258 e. The van der Waals surface area contributed by atoms with Crippen LogP contribution in [0.2, 0.25) is 5.02 Å². The molecule has 0 fully saturated rings. The van der Waals surface area contributed by atoms with E-state index in [9.17, 15) is 4.79 Å². The predicted molar refractivity (Wildman–Crippen MR) is 114 cm³/mol. The number of para-hydroxylation sites is 2. The first-order valence-electron chi connectivity index (χ1n) is 9.38. The summed E-state index contributed by atoms with van der Waals surface area (Å²) in [7, 11) is 1.81. The summed E-state index contributed by atoms with van der Waals surface area (Å²) < 4.78 is 7.47. The lowest BCUT2D eigenvalue weighted by atomic mass is 9.73. The van der Waals surface area contributed by atoms with Gasteiger partial charge in [-0.15, -0.1) is 10.2 Å². The van der Waals surface area contributed by atoms with Crippen LogP contribution in [-0.2, 0) is 10.2 Å². The van der Waals surface area contributed by atoms with Crippen molar-refractivity contribution in [2.45, 2.75) is 45.6 Å². The van der Waals surface area contributed by atoms with Gasteiger partial charge in [-0.25, -0.2) is 4.52 Å². The second-order valence-corrected chi connectivity index (χ2v) is 8.44. The molecule has 1 amide bonds. The molecule has 1 aromatic carbocycles. The highest BCUT2D eigenvalue weighted by Gasteiger charge is 2.43. The maximum atomic E-state index is 12.6. The number of hydrogen-bond acceptors (Lipinski definition) is 5. The van der Waals surface area contributed by atoms with Crippen molar-refractivity contribution in [1.29, 1.82) is 0 Å². The number of anilines is 1. The molecule has 0 aliphatic rings. The summed E-state index contributed by atoms with van der Waals surface area (Å²) in [5.74, 6) is 1.07. The zero-order chi connectivity index (χ0) is 21.4. The van der Waals surface area contributed by atoms with E-state index in [1.54, 1.807) is 4.52 Å². The largest absolute Gasteiger partial charge is 0.482 e. The van der Waals surface area contributed by atoms with E-state index in [0.717, 1.165) is 11.4 Å². The Morgan fingerprint density at radius 1 is 1.24 bits per heavy atom. The van der Waals surface area contributed by atoms with Crippen LogP contribution < -0.4 is 15.4 Å². The highest BCUT2D eigenvalue weighted by Crippen LogP contribution is 2.35. The standard InChI is InChI=1S/C20H27ClN6O2/c1-12-16(21)17-24-25-18(27(17)26-12)19(2,3)20(4,5)23-15(28)11-29-14-10-8-7-9-13(14)22-6/h7-10,22,26H,11H2,1-6H3,(H,23,28). The van der Waals surface area contributed by atoms with Gasteiger partial charge in [0, 0.05) is 18.0 Å². The first kappa shape index (κ1) is 21.0. The topological polar surface area (TPSA) is 96.3 Å². The molecule has 3 rings (SSSR count). The van der Waals surface area contributed by atoms with Crippen LogP contribution in [0.15, 0.2) is 24.3 Å². The summed E-state index contributed by atoms with van der Waals surface area (Å²) >= 11 is 6.28. The molecule has 0 radical (unpaired) electrons. The molecular weight excluding hydrogens is 392 g/mol. The third-order valence-electron chi connectivity index (χ3n) is 5.56. The number of amides is 1. The second kappa shape index (κ2) is 7.59. The molecule has 0 saturated carbocycles. The van der Waals surface area contributed by atoms with Crippen molar-refractivity contribution in [3.8, 4) is 5.75 Å². The molecule has 8 nitrogen and oxygen atoms in total. The van der Waals surface area contributed by atoms with E-state index in [1.807, 2.05) is 65.9 Å². The molecule has 156 valence electrons. The number of aromatic amines is 1. The molecular formula is C20H27ClN6O2. The molecule has 2 aromatic heterocycles. The van der Waals surface area contributed by atoms with Gasteiger partial charge in [0.2, 0.25) is 0 Å². The maximum Gasteiger partial charge on any atom is 0.258 e. The van der Waals surface area contributed by atoms with Gasteiger partial charge in [0.15, 0.2) is 18.1 Å². The monoisotopic (exact) mass is 418 g/mol. The van der Waals surface area contributed by atoms with Crippen molar-refractivity contribution in [3.05, 3.63) is 40.8 Å². The van der Waals surface area contributed by atoms with Crippen LogP contribution in [0.1, 0.15) is 39.2 Å². The van der Waals surface area contributed by atoms with Crippen LogP contribution in [0.4, 0.5) is 5.69 Å². The Balaban J connectivity index is 1.76. The number of H-pyrrole nitrogens is 1. The second-order valence-electron chi connectivity index (χ2n) is 8.07. The van der Waals surface area contributed by atoms with Gasteiger partial charge in [-0.2, -0.15) is 0 Å². The number of fused-ring (bicyclic) bond motifs is 1. The van der Waals surface area contributed by atoms with Crippen LogP contribution in [0, 0.1) is 6.92 Å². The van der Waals surface area contributed by atoms with Gasteiger partial charge >= 0.3 is 0 Å². The average molecular weight is 419 g/mol. The molecule has 0 saturated heterocycles. The SMILES string of the molecule is CNc1ccccc1OCC(=O)NC(C)(C)C(C)(C)c1nnc2c(Cl)c(C)[nH]n12. The fraction of sp³-hybridized carbons (Fsp3) is 0.450. The van der Waals surface area contributed by atoms with Crippen molar-refractivity contribution in [1.82, 2.24) is 25.1 Å². The van der Waals surface area contributed by atoms with E-state index >= 15 is 0 Å². The fourth-order valence-electron chi connectivity index (χ4n) is 3.08. The van der Waals surface area contributed by atoms with Gasteiger partial charge in [-0.1, -0.05) is 37.6 Å². The summed E-state index contributed by atoms with van der Waals surface area (Å²) in [6, 6.07) is 7.47. The number of aromatic nitrogens is 4. The summed E-state index contributed by atoms with van der Waals surface area (Å²) in [4.78, 5) is 12.6. The Labute approximate surface area is 175 Å². The molecule has 0 aliphatic heterocycles. The first-order chi connectivity index (χ1) is 13.6. The summed E-state index contributed by atoms with van der Waals surface area (Å²) in [6.07, 6.45) is 0. The van der Waals surface area contributed by atoms with Crippen molar-refractivity contribution in [2.24, 2.45) is 0 Å². The lowest BCUT2D eigenvalue weighted by Crippen LogP contribution is -2.57. The Kier molecular flexibility index (Phi) is 5.49. The van der Waals surface area contributed by atoms with E-state index in [4.69, 9.17) is 16.3 Å². The Hall–Kier alpha value is -2.74. The molecule has 29 heavy (non-hydrogen) atoms. The number of nitrogens with zero attached hydrogens (tertiary/aromatic N) is 3. The van der Waals surface area contributed by atoms with E-state index < -0.39 is 11.0 Å². The number of benzene rings is 1. The number of aryl methyl sites for hydroxylation is 1. The molecule has 0 bridgehead atoms. The molecule has 0 atom stereocenters. The Morgan fingerprint density at radius 3 is 2.62 bits per heavy atom. The average Bonchev–Trinajstić information content (AvgIpc) is 3.20. The minimum atomic E-state index is -0.648. The number of nitrogens with one attached hydrogen (secondary N) is 3. The van der Waals surface area contributed by atoms with Crippen LogP contribution in [-0.4, -0.2) is 44.9 Å². The van der Waals surface area contributed by atoms with Crippen molar-refractivity contribution in [3.63, 3.8) is 0 Å². The number of carbonyl (C=O) groups excluding carboxylic acids is 1. The number of ether oxygens (including phenoxy) is 1. The van der Waals surface area contributed by atoms with Crippen molar-refractivity contribution in [2.75, 3.05) is 19.0 Å². The van der Waals surface area contributed by atoms with Crippen LogP contribution in [0.3, 0.4) is 0 Å². The fourth-order valence-corrected chi connectivity index (χ4v) is 3.25. The summed E-state index contributed by atoms with van der Waals surface area (Å²) in [5, 5.41) is 18.4. The van der Waals surface area contributed by atoms with Gasteiger partial charge in [0.1, 0.15) is 10.8 Å². The zero-order valence-corrected chi connectivity index (χ0v) is 18.3. The first-order valence-corrected chi connectivity index (χ1v) is 9.76. The lowest BCUT2D eigenvalue weighted by molar-refractivity contribution is -0.125. The van der Waals surface area contributed by atoms with Crippen molar-refractivity contribution >= 4 is 28.8 Å². The molecule has 3 aromatic rings. The molecule has 9 heteroatoms. The van der Waals surface area contributed by atoms with E-state index in [-0.39, 0.29) is 12.5 Å². The summed E-state index contributed by atoms with van der Waals surface area (Å²) in [5.41, 5.74) is 0.994. The van der Waals surface area contributed by atoms with Crippen LogP contribution in [0.25, 0.3) is 5.65 Å². The molecule has 2 heterocycles. The van der Waals surface area contributed by atoms with Gasteiger partial charge in [-0.05, 0) is 32.9 Å². The summed E-state index contributed by atoms with van der Waals surface area (Å²) in [6.45, 7) is 9.69. The quantitative estimate of drug-likeness (QED) is 0.547. The minimum absolute atomic E-state index is 0.0963. The third-order valence-corrected chi connectivity index (χ3v) is 6.01. The van der Waals surface area contributed by atoms with E-state index in [1.165, 1.54) is 0 Å².